The average molecular weight is 208 g/mol. The van der Waals surface area contributed by atoms with E-state index in [1.807, 2.05) is 30.9 Å². The van der Waals surface area contributed by atoms with E-state index in [4.69, 9.17) is 5.73 Å². The quantitative estimate of drug-likeness (QED) is 0.812. The molecule has 0 unspecified atom stereocenters. The van der Waals surface area contributed by atoms with Crippen LogP contribution in [-0.2, 0) is 0 Å². The molecule has 76 valence electrons. The number of aromatic nitrogens is 1. The van der Waals surface area contributed by atoms with Crippen LogP contribution in [0.4, 0.5) is 5.69 Å². The second-order valence-electron chi connectivity index (χ2n) is 3.93. The molecule has 0 spiro atoms. The molecule has 0 radical (unpaired) electrons. The summed E-state index contributed by atoms with van der Waals surface area (Å²) < 4.78 is 0. The average Bonchev–Trinajstić information content (AvgIpc) is 2.62. The Morgan fingerprint density at radius 1 is 1.43 bits per heavy atom. The molecular formula is C11H16N2S. The molecule has 1 aliphatic carbocycles. The highest BCUT2D eigenvalue weighted by Crippen LogP contribution is 2.35. The highest BCUT2D eigenvalue weighted by molar-refractivity contribution is 8.00. The number of hydrogen-bond acceptors (Lipinski definition) is 3. The maximum absolute atomic E-state index is 5.92. The first-order valence-electron chi connectivity index (χ1n) is 5.14. The van der Waals surface area contributed by atoms with Gasteiger partial charge in [-0.25, -0.2) is 4.98 Å². The van der Waals surface area contributed by atoms with Gasteiger partial charge in [0.15, 0.2) is 0 Å². The van der Waals surface area contributed by atoms with Crippen LogP contribution in [0.2, 0.25) is 0 Å². The fourth-order valence-corrected chi connectivity index (χ4v) is 3.04. The highest BCUT2D eigenvalue weighted by atomic mass is 32.2. The van der Waals surface area contributed by atoms with E-state index in [0.717, 1.165) is 21.5 Å². The lowest BCUT2D eigenvalue weighted by Crippen LogP contribution is -1.98. The number of thioether (sulfide) groups is 1. The van der Waals surface area contributed by atoms with Crippen molar-refractivity contribution in [3.05, 3.63) is 17.8 Å². The zero-order chi connectivity index (χ0) is 9.97. The maximum atomic E-state index is 5.92. The van der Waals surface area contributed by atoms with Gasteiger partial charge in [-0.2, -0.15) is 0 Å². The van der Waals surface area contributed by atoms with Crippen LogP contribution < -0.4 is 5.73 Å². The number of hydrogen-bond donors (Lipinski definition) is 1. The topological polar surface area (TPSA) is 38.9 Å². The van der Waals surface area contributed by atoms with E-state index >= 15 is 0 Å². The molecular weight excluding hydrogens is 192 g/mol. The molecule has 0 atom stereocenters. The first kappa shape index (κ1) is 9.84. The molecule has 0 aromatic carbocycles. The van der Waals surface area contributed by atoms with Gasteiger partial charge in [0, 0.05) is 11.4 Å². The predicted molar refractivity (Wildman–Crippen MR) is 61.5 cm³/mol. The van der Waals surface area contributed by atoms with E-state index in [9.17, 15) is 0 Å². The van der Waals surface area contributed by atoms with Gasteiger partial charge in [-0.1, -0.05) is 12.8 Å². The second-order valence-corrected chi connectivity index (χ2v) is 5.22. The van der Waals surface area contributed by atoms with Crippen LogP contribution >= 0.6 is 11.8 Å². The maximum Gasteiger partial charge on any atom is 0.119 e. The SMILES string of the molecule is Cc1cnc(SC2CCCC2)c(N)c1. The van der Waals surface area contributed by atoms with Crippen molar-refractivity contribution in [1.82, 2.24) is 4.98 Å². The predicted octanol–water partition coefficient (Wildman–Crippen LogP) is 3.01. The van der Waals surface area contributed by atoms with E-state index in [1.165, 1.54) is 25.7 Å². The first-order chi connectivity index (χ1) is 6.75. The summed E-state index contributed by atoms with van der Waals surface area (Å²) >= 11 is 1.85. The number of anilines is 1. The van der Waals surface area contributed by atoms with Gasteiger partial charge in [0.1, 0.15) is 5.03 Å². The molecule has 14 heavy (non-hydrogen) atoms. The van der Waals surface area contributed by atoms with Crippen LogP contribution in [0.3, 0.4) is 0 Å². The summed E-state index contributed by atoms with van der Waals surface area (Å²) in [6, 6.07) is 2.00. The van der Waals surface area contributed by atoms with Crippen LogP contribution in [0.1, 0.15) is 31.2 Å². The van der Waals surface area contributed by atoms with Gasteiger partial charge in [-0.05, 0) is 31.4 Å². The summed E-state index contributed by atoms with van der Waals surface area (Å²) in [6.45, 7) is 2.02. The monoisotopic (exact) mass is 208 g/mol. The minimum absolute atomic E-state index is 0.743. The summed E-state index contributed by atoms with van der Waals surface area (Å²) in [5.41, 5.74) is 7.89. The van der Waals surface area contributed by atoms with E-state index in [-0.39, 0.29) is 0 Å². The van der Waals surface area contributed by atoms with E-state index in [1.54, 1.807) is 0 Å². The number of rotatable bonds is 2. The Morgan fingerprint density at radius 3 is 2.79 bits per heavy atom. The molecule has 0 aliphatic heterocycles. The second kappa shape index (κ2) is 4.22. The molecule has 1 aliphatic rings. The zero-order valence-corrected chi connectivity index (χ0v) is 9.31. The molecule has 3 heteroatoms. The van der Waals surface area contributed by atoms with Crippen molar-refractivity contribution in [3.63, 3.8) is 0 Å². The Bertz CT molecular complexity index is 319. The van der Waals surface area contributed by atoms with Crippen molar-refractivity contribution in [2.45, 2.75) is 42.9 Å². The smallest absolute Gasteiger partial charge is 0.119 e. The van der Waals surface area contributed by atoms with Crippen molar-refractivity contribution in [3.8, 4) is 0 Å². The summed E-state index contributed by atoms with van der Waals surface area (Å²) in [5, 5.41) is 1.76. The Morgan fingerprint density at radius 2 is 2.14 bits per heavy atom. The standard InChI is InChI=1S/C11H16N2S/c1-8-6-10(12)11(13-7-8)14-9-4-2-3-5-9/h6-7,9H,2-5,12H2,1H3. The van der Waals surface area contributed by atoms with Gasteiger partial charge >= 0.3 is 0 Å². The molecule has 1 saturated carbocycles. The Hall–Kier alpha value is -0.700. The first-order valence-corrected chi connectivity index (χ1v) is 6.02. The van der Waals surface area contributed by atoms with Crippen LogP contribution in [-0.4, -0.2) is 10.2 Å². The van der Waals surface area contributed by atoms with Crippen molar-refractivity contribution < 1.29 is 0 Å². The number of nitrogens with two attached hydrogens (primary N) is 1. The number of nitrogens with zero attached hydrogens (tertiary/aromatic N) is 1. The Labute approximate surface area is 89.3 Å². The largest absolute Gasteiger partial charge is 0.397 e. The fraction of sp³-hybridized carbons (Fsp3) is 0.545. The molecule has 0 bridgehead atoms. The van der Waals surface area contributed by atoms with Crippen LogP contribution in [0, 0.1) is 6.92 Å². The third-order valence-electron chi connectivity index (χ3n) is 2.60. The summed E-state index contributed by atoms with van der Waals surface area (Å²) in [7, 11) is 0. The van der Waals surface area contributed by atoms with E-state index in [2.05, 4.69) is 4.98 Å². The van der Waals surface area contributed by atoms with Gasteiger partial charge in [-0.3, -0.25) is 0 Å². The lowest BCUT2D eigenvalue weighted by atomic mass is 10.3. The lowest BCUT2D eigenvalue weighted by molar-refractivity contribution is 0.886. The normalized spacial score (nSPS) is 17.5. The summed E-state index contributed by atoms with van der Waals surface area (Å²) in [5.74, 6) is 0. The van der Waals surface area contributed by atoms with Gasteiger partial charge in [0.25, 0.3) is 0 Å². The molecule has 2 nitrogen and oxygen atoms in total. The molecule has 2 rings (SSSR count). The highest BCUT2D eigenvalue weighted by Gasteiger charge is 2.17. The van der Waals surface area contributed by atoms with Gasteiger partial charge in [-0.15, -0.1) is 11.8 Å². The minimum atomic E-state index is 0.743. The van der Waals surface area contributed by atoms with Gasteiger partial charge < -0.3 is 5.73 Å². The molecule has 1 heterocycles. The van der Waals surface area contributed by atoms with Crippen molar-refractivity contribution >= 4 is 17.4 Å². The molecule has 0 saturated heterocycles. The Balaban J connectivity index is 2.08. The molecule has 1 aromatic rings. The molecule has 1 aromatic heterocycles. The van der Waals surface area contributed by atoms with Crippen molar-refractivity contribution in [2.75, 3.05) is 5.73 Å². The minimum Gasteiger partial charge on any atom is -0.397 e. The fourth-order valence-electron chi connectivity index (χ4n) is 1.84. The van der Waals surface area contributed by atoms with E-state index in [0.29, 0.717) is 0 Å². The van der Waals surface area contributed by atoms with Gasteiger partial charge in [0.2, 0.25) is 0 Å². The van der Waals surface area contributed by atoms with E-state index < -0.39 is 0 Å². The van der Waals surface area contributed by atoms with Crippen LogP contribution in [0.15, 0.2) is 17.3 Å². The van der Waals surface area contributed by atoms with Crippen molar-refractivity contribution in [1.29, 1.82) is 0 Å². The Kier molecular flexibility index (Phi) is 2.96. The van der Waals surface area contributed by atoms with Crippen molar-refractivity contribution in [2.24, 2.45) is 0 Å². The third-order valence-corrected chi connectivity index (χ3v) is 3.97. The van der Waals surface area contributed by atoms with Crippen LogP contribution in [0.5, 0.6) is 0 Å². The number of nitrogen functional groups attached to an aromatic ring is 1. The molecule has 0 amide bonds. The van der Waals surface area contributed by atoms with Crippen LogP contribution in [0.25, 0.3) is 0 Å². The number of pyridine rings is 1. The van der Waals surface area contributed by atoms with Gasteiger partial charge in [0.05, 0.1) is 5.69 Å². The lowest BCUT2D eigenvalue weighted by Gasteiger charge is -2.09. The molecule has 2 N–H and O–H groups in total. The third kappa shape index (κ3) is 2.21. The number of aryl methyl sites for hydroxylation is 1. The summed E-state index contributed by atoms with van der Waals surface area (Å²) in [6.07, 6.45) is 7.26. The molecule has 1 fully saturated rings. The zero-order valence-electron chi connectivity index (χ0n) is 8.49. The summed E-state index contributed by atoms with van der Waals surface area (Å²) in [4.78, 5) is 4.38.